The Kier molecular flexibility index (Phi) is 5.53. The minimum Gasteiger partial charge on any atom is -0.363 e. The summed E-state index contributed by atoms with van der Waals surface area (Å²) >= 11 is 0. The highest BCUT2D eigenvalue weighted by Gasteiger charge is 2.22. The second-order valence-corrected chi connectivity index (χ2v) is 7.55. The van der Waals surface area contributed by atoms with Crippen LogP contribution in [0, 0.1) is 12.7 Å². The largest absolute Gasteiger partial charge is 0.363 e. The number of nitrogens with zero attached hydrogens (tertiary/aromatic N) is 3. The fourth-order valence-corrected chi connectivity index (χ4v) is 3.82. The van der Waals surface area contributed by atoms with E-state index in [1.807, 2.05) is 12.1 Å². The molecule has 0 unspecified atom stereocenters. The molecule has 0 aliphatic carbocycles. The van der Waals surface area contributed by atoms with E-state index in [1.54, 1.807) is 25.5 Å². The summed E-state index contributed by atoms with van der Waals surface area (Å²) in [6.07, 6.45) is -0.899. The highest BCUT2D eigenvalue weighted by molar-refractivity contribution is 5.91. The van der Waals surface area contributed by atoms with E-state index in [0.717, 1.165) is 17.3 Å². The number of fused-ring (bicyclic) bond motifs is 1. The third kappa shape index (κ3) is 3.81. The molecule has 3 heterocycles. The number of hydrogen-bond donors (Lipinski definition) is 2. The Bertz CT molecular complexity index is 1250. The summed E-state index contributed by atoms with van der Waals surface area (Å²) in [7, 11) is 1.69. The highest BCUT2D eigenvalue weighted by Crippen LogP contribution is 2.30. The lowest BCUT2D eigenvalue weighted by Crippen LogP contribution is -2.23. The summed E-state index contributed by atoms with van der Waals surface area (Å²) in [6.45, 7) is 4.66. The molecule has 1 aliphatic rings. The summed E-state index contributed by atoms with van der Waals surface area (Å²) in [5, 5.41) is 6.79. The van der Waals surface area contributed by atoms with Crippen molar-refractivity contribution in [3.63, 3.8) is 0 Å². The first kappa shape index (κ1) is 21.0. The van der Waals surface area contributed by atoms with Crippen LogP contribution < -0.4 is 16.2 Å². The lowest BCUT2D eigenvalue weighted by molar-refractivity contribution is 0.146. The van der Waals surface area contributed by atoms with Gasteiger partial charge in [0.25, 0.3) is 12.0 Å². The van der Waals surface area contributed by atoms with E-state index in [4.69, 9.17) is 0 Å². The molecule has 1 atom stereocenters. The Balaban J connectivity index is 1.82. The summed E-state index contributed by atoms with van der Waals surface area (Å²) in [4.78, 5) is 21.7. The third-order valence-electron chi connectivity index (χ3n) is 5.46. The molecule has 0 saturated carbocycles. The predicted octanol–water partition coefficient (Wildman–Crippen LogP) is 3.87. The van der Waals surface area contributed by atoms with E-state index in [-0.39, 0.29) is 16.6 Å². The molecule has 0 spiro atoms. The average Bonchev–Trinajstić information content (AvgIpc) is 3.25. The smallest absolute Gasteiger partial charge is 0.277 e. The minimum absolute atomic E-state index is 0.0916. The van der Waals surface area contributed by atoms with Gasteiger partial charge in [0.1, 0.15) is 23.0 Å². The predicted molar refractivity (Wildman–Crippen MR) is 114 cm³/mol. The van der Waals surface area contributed by atoms with E-state index in [9.17, 15) is 18.0 Å². The number of rotatable bonds is 5. The van der Waals surface area contributed by atoms with Crippen LogP contribution in [-0.2, 0) is 7.05 Å². The van der Waals surface area contributed by atoms with Gasteiger partial charge in [0.15, 0.2) is 0 Å². The lowest BCUT2D eigenvalue weighted by atomic mass is 10.0. The lowest BCUT2D eigenvalue weighted by Gasteiger charge is -2.19. The van der Waals surface area contributed by atoms with Crippen LogP contribution in [0.2, 0.25) is 0 Å². The molecule has 4 rings (SSSR count). The molecule has 31 heavy (non-hydrogen) atoms. The zero-order valence-electron chi connectivity index (χ0n) is 17.3. The number of anilines is 1. The Morgan fingerprint density at radius 3 is 2.65 bits per heavy atom. The van der Waals surface area contributed by atoms with Crippen molar-refractivity contribution in [2.75, 3.05) is 18.4 Å². The minimum atomic E-state index is -2.91. The zero-order chi connectivity index (χ0) is 22.3. The number of aryl methyl sites for hydroxylation is 1. The van der Waals surface area contributed by atoms with Gasteiger partial charge < -0.3 is 15.2 Å². The third-order valence-corrected chi connectivity index (χ3v) is 5.46. The van der Waals surface area contributed by atoms with Crippen LogP contribution in [0.1, 0.15) is 42.0 Å². The molecule has 2 N–H and O–H groups in total. The van der Waals surface area contributed by atoms with Crippen LogP contribution in [0.3, 0.4) is 0 Å². The molecule has 0 radical (unpaired) electrons. The van der Waals surface area contributed by atoms with E-state index in [1.165, 1.54) is 12.1 Å². The normalized spacial score (nSPS) is 14.9. The number of pyridine rings is 1. The first-order valence-electron chi connectivity index (χ1n) is 9.89. The van der Waals surface area contributed by atoms with Crippen LogP contribution in [-0.4, -0.2) is 27.6 Å². The van der Waals surface area contributed by atoms with Gasteiger partial charge in [0, 0.05) is 31.4 Å². The van der Waals surface area contributed by atoms with Crippen molar-refractivity contribution in [3.05, 3.63) is 69.2 Å². The SMILES string of the molecule is Cc1nc(N[C@H](C)c2cccc(C(F)F)c2F)c2cc(C3=CCNC3)n(C)c(=O)c2n1. The monoisotopic (exact) mass is 429 g/mol. The van der Waals surface area contributed by atoms with Crippen molar-refractivity contribution < 1.29 is 13.2 Å². The van der Waals surface area contributed by atoms with Gasteiger partial charge >= 0.3 is 0 Å². The topological polar surface area (TPSA) is 71.8 Å². The fraction of sp³-hybridized carbons (Fsp3) is 0.318. The second-order valence-electron chi connectivity index (χ2n) is 7.55. The van der Waals surface area contributed by atoms with Crippen molar-refractivity contribution in [2.24, 2.45) is 7.05 Å². The van der Waals surface area contributed by atoms with Gasteiger partial charge in [-0.25, -0.2) is 23.1 Å². The number of hydrogen-bond acceptors (Lipinski definition) is 5. The van der Waals surface area contributed by atoms with Crippen molar-refractivity contribution in [2.45, 2.75) is 26.3 Å². The summed E-state index contributed by atoms with van der Waals surface area (Å²) in [5.74, 6) is -0.232. The standard InChI is InChI=1S/C22H22F3N5O/c1-11(14-5-4-6-15(18(14)23)20(24)25)27-21-16-9-17(13-7-8-26-10-13)30(3)22(31)19(16)28-12(2)29-21/h4-7,9,11,20,26H,8,10H2,1-3H3,(H,27,28,29)/t11-/m1/s1. The van der Waals surface area contributed by atoms with Crippen LogP contribution in [0.15, 0.2) is 35.1 Å². The maximum absolute atomic E-state index is 14.6. The van der Waals surface area contributed by atoms with Gasteiger partial charge in [-0.1, -0.05) is 24.3 Å². The quantitative estimate of drug-likeness (QED) is 0.644. The van der Waals surface area contributed by atoms with Gasteiger partial charge in [0.2, 0.25) is 0 Å². The van der Waals surface area contributed by atoms with E-state index in [2.05, 4.69) is 20.6 Å². The Labute approximate surface area is 176 Å². The number of halogens is 3. The number of benzene rings is 1. The van der Waals surface area contributed by atoms with Crippen molar-refractivity contribution in [1.82, 2.24) is 19.9 Å². The second kappa shape index (κ2) is 8.14. The van der Waals surface area contributed by atoms with Gasteiger partial charge in [-0.3, -0.25) is 4.79 Å². The first-order valence-corrected chi connectivity index (χ1v) is 9.89. The molecule has 162 valence electrons. The first-order chi connectivity index (χ1) is 14.8. The molecular formula is C22H22F3N5O. The van der Waals surface area contributed by atoms with Gasteiger partial charge in [-0.2, -0.15) is 0 Å². The van der Waals surface area contributed by atoms with Crippen molar-refractivity contribution in [1.29, 1.82) is 0 Å². The molecule has 0 fully saturated rings. The summed E-state index contributed by atoms with van der Waals surface area (Å²) in [6, 6.07) is 5.08. The molecule has 9 heteroatoms. The zero-order valence-corrected chi connectivity index (χ0v) is 17.3. The fourth-order valence-electron chi connectivity index (χ4n) is 3.82. The molecule has 1 aromatic carbocycles. The van der Waals surface area contributed by atoms with Gasteiger partial charge in [-0.05, 0) is 25.5 Å². The van der Waals surface area contributed by atoms with Crippen LogP contribution in [0.5, 0.6) is 0 Å². The van der Waals surface area contributed by atoms with E-state index < -0.39 is 23.8 Å². The number of nitrogens with one attached hydrogen (secondary N) is 2. The number of alkyl halides is 2. The van der Waals surface area contributed by atoms with Gasteiger partial charge in [0.05, 0.1) is 17.0 Å². The van der Waals surface area contributed by atoms with Crippen LogP contribution >= 0.6 is 0 Å². The summed E-state index contributed by atoms with van der Waals surface area (Å²) < 4.78 is 42.4. The average molecular weight is 429 g/mol. The maximum atomic E-state index is 14.6. The van der Waals surface area contributed by atoms with Gasteiger partial charge in [-0.15, -0.1) is 0 Å². The Morgan fingerprint density at radius 1 is 1.23 bits per heavy atom. The van der Waals surface area contributed by atoms with E-state index >= 15 is 0 Å². The van der Waals surface area contributed by atoms with Crippen LogP contribution in [0.25, 0.3) is 16.5 Å². The summed E-state index contributed by atoms with van der Waals surface area (Å²) in [5.41, 5.74) is 1.13. The maximum Gasteiger partial charge on any atom is 0.277 e. The molecule has 2 aromatic heterocycles. The Morgan fingerprint density at radius 2 is 1.97 bits per heavy atom. The molecule has 3 aromatic rings. The Hall–Kier alpha value is -3.20. The highest BCUT2D eigenvalue weighted by atomic mass is 19.3. The molecule has 0 saturated heterocycles. The van der Waals surface area contributed by atoms with Crippen LogP contribution in [0.4, 0.5) is 19.0 Å². The molecule has 0 bridgehead atoms. The van der Waals surface area contributed by atoms with Crippen molar-refractivity contribution in [3.8, 4) is 0 Å². The molecule has 1 aliphatic heterocycles. The van der Waals surface area contributed by atoms with Crippen molar-refractivity contribution >= 4 is 22.3 Å². The molecule has 6 nitrogen and oxygen atoms in total. The van der Waals surface area contributed by atoms with E-state index in [0.29, 0.717) is 30.1 Å². The molecular weight excluding hydrogens is 407 g/mol. The molecule has 0 amide bonds. The number of aromatic nitrogens is 3.